The molecule has 0 aliphatic carbocycles. The average molecular weight is 454 g/mol. The minimum absolute atomic E-state index is 0.0525. The molecule has 0 fully saturated rings. The Hall–Kier alpha value is 0.390. The summed E-state index contributed by atoms with van der Waals surface area (Å²) in [6, 6.07) is 0. The van der Waals surface area contributed by atoms with Gasteiger partial charge in [-0.2, -0.15) is 0 Å². The summed E-state index contributed by atoms with van der Waals surface area (Å²) in [5.41, 5.74) is 0. The van der Waals surface area contributed by atoms with Gasteiger partial charge < -0.3 is 15.1 Å². The molecule has 0 unspecified atom stereocenters. The Labute approximate surface area is 184 Å². The predicted octanol–water partition coefficient (Wildman–Crippen LogP) is 6.99. The zero-order valence-corrected chi connectivity index (χ0v) is 20.4. The lowest BCUT2D eigenvalue weighted by atomic mass is 10.0. The van der Waals surface area contributed by atoms with E-state index in [-0.39, 0.29) is 6.16 Å². The Morgan fingerprint density at radius 2 is 0.929 bits per heavy atom. The molecule has 4 nitrogen and oxygen atoms in total. The van der Waals surface area contributed by atoms with Crippen LogP contribution in [0.25, 0.3) is 0 Å². The van der Waals surface area contributed by atoms with Gasteiger partial charge in [0.25, 0.3) is 0 Å². The molecular formula is C21H44NO3PS2. The molecule has 0 aromatic heterocycles. The molecule has 0 aromatic rings. The number of rotatable bonds is 21. The van der Waals surface area contributed by atoms with Crippen molar-refractivity contribution < 1.29 is 14.4 Å². The summed E-state index contributed by atoms with van der Waals surface area (Å²) in [7, 11) is -3.77. The first-order chi connectivity index (χ1) is 13.4. The number of thiocarbonyl (C=S) groups is 1. The van der Waals surface area contributed by atoms with Crippen LogP contribution < -0.4 is 5.32 Å². The molecule has 0 atom stereocenters. The highest BCUT2D eigenvalue weighted by Gasteiger charge is 2.10. The molecule has 0 aliphatic rings. The van der Waals surface area contributed by atoms with Crippen LogP contribution in [0.1, 0.15) is 116 Å². The highest BCUT2D eigenvalue weighted by molar-refractivity contribution is 8.11. The fourth-order valence-corrected chi connectivity index (χ4v) is 4.32. The van der Waals surface area contributed by atoms with Crippen LogP contribution in [0, 0.1) is 0 Å². The normalized spacial score (nSPS) is 11.7. The first-order valence-electron chi connectivity index (χ1n) is 11.4. The first kappa shape index (κ1) is 28.4. The van der Waals surface area contributed by atoms with Gasteiger partial charge in [0.1, 0.15) is 4.32 Å². The smallest absolute Gasteiger partial charge is 0.325 e. The summed E-state index contributed by atoms with van der Waals surface area (Å²) in [4.78, 5) is 17.6. The van der Waals surface area contributed by atoms with E-state index in [9.17, 15) is 4.57 Å². The van der Waals surface area contributed by atoms with E-state index >= 15 is 0 Å². The topological polar surface area (TPSA) is 69.6 Å². The van der Waals surface area contributed by atoms with Gasteiger partial charge in [-0.05, 0) is 12.8 Å². The van der Waals surface area contributed by atoms with Crippen LogP contribution in [0.5, 0.6) is 0 Å². The summed E-state index contributed by atoms with van der Waals surface area (Å²) in [5.74, 6) is 0. The van der Waals surface area contributed by atoms with Gasteiger partial charge in [0.2, 0.25) is 0 Å². The Kier molecular flexibility index (Phi) is 20.9. The standard InChI is InChI=1S/C21H44NO3PS2/c23-26(24,25)20-18-16-14-12-10-8-6-4-2-1-3-5-7-9-11-13-15-17-19-22-21(27)28/h1-20H2,(H2,22,27,28)(H2,23,24,25). The number of hydrogen-bond donors (Lipinski definition) is 4. The van der Waals surface area contributed by atoms with Gasteiger partial charge in [-0.25, -0.2) is 0 Å². The number of nitrogens with one attached hydrogen (secondary N) is 1. The average Bonchev–Trinajstić information content (AvgIpc) is 2.61. The van der Waals surface area contributed by atoms with Crippen molar-refractivity contribution in [1.29, 1.82) is 0 Å². The molecule has 0 radical (unpaired) electrons. The minimum Gasteiger partial charge on any atom is -0.371 e. The molecule has 168 valence electrons. The molecule has 3 N–H and O–H groups in total. The highest BCUT2D eigenvalue weighted by atomic mass is 32.1. The molecule has 0 amide bonds. The van der Waals surface area contributed by atoms with Crippen LogP contribution >= 0.6 is 32.4 Å². The summed E-state index contributed by atoms with van der Waals surface area (Å²) in [5, 5.41) is 3.08. The lowest BCUT2D eigenvalue weighted by molar-refractivity contribution is 0.370. The predicted molar refractivity (Wildman–Crippen MR) is 130 cm³/mol. The summed E-state index contributed by atoms with van der Waals surface area (Å²) < 4.78 is 11.3. The van der Waals surface area contributed by atoms with Crippen molar-refractivity contribution in [3.63, 3.8) is 0 Å². The van der Waals surface area contributed by atoms with Crippen LogP contribution in [-0.2, 0) is 4.57 Å². The van der Waals surface area contributed by atoms with Gasteiger partial charge in [0, 0.05) is 12.7 Å². The second kappa shape index (κ2) is 20.7. The fourth-order valence-electron chi connectivity index (χ4n) is 3.47. The monoisotopic (exact) mass is 453 g/mol. The van der Waals surface area contributed by atoms with E-state index in [4.69, 9.17) is 22.0 Å². The van der Waals surface area contributed by atoms with Crippen LogP contribution in [0.2, 0.25) is 0 Å². The molecule has 28 heavy (non-hydrogen) atoms. The zero-order valence-electron chi connectivity index (χ0n) is 17.7. The van der Waals surface area contributed by atoms with E-state index in [1.54, 1.807) is 0 Å². The highest BCUT2D eigenvalue weighted by Crippen LogP contribution is 2.35. The number of unbranched alkanes of at least 4 members (excludes halogenated alkanes) is 17. The second-order valence-corrected chi connectivity index (χ2v) is 10.9. The molecule has 0 saturated heterocycles. The molecule has 0 bridgehead atoms. The Bertz CT molecular complexity index is 405. The van der Waals surface area contributed by atoms with E-state index in [0.29, 0.717) is 10.7 Å². The lowest BCUT2D eigenvalue weighted by Crippen LogP contribution is -2.17. The van der Waals surface area contributed by atoms with Gasteiger partial charge in [0.15, 0.2) is 0 Å². The minimum atomic E-state index is -3.77. The van der Waals surface area contributed by atoms with Crippen LogP contribution in [0.4, 0.5) is 0 Å². The van der Waals surface area contributed by atoms with Gasteiger partial charge in [0.05, 0.1) is 0 Å². The van der Waals surface area contributed by atoms with Crippen LogP contribution in [0.15, 0.2) is 0 Å². The number of thiol groups is 1. The molecule has 0 aliphatic heterocycles. The fraction of sp³-hybridized carbons (Fsp3) is 0.952. The van der Waals surface area contributed by atoms with Crippen molar-refractivity contribution in [3.8, 4) is 0 Å². The molecule has 0 saturated carbocycles. The molecular weight excluding hydrogens is 409 g/mol. The van der Waals surface area contributed by atoms with Crippen molar-refractivity contribution in [2.75, 3.05) is 12.7 Å². The van der Waals surface area contributed by atoms with Crippen molar-refractivity contribution in [1.82, 2.24) is 5.32 Å². The Morgan fingerprint density at radius 1 is 0.643 bits per heavy atom. The van der Waals surface area contributed by atoms with E-state index in [1.165, 1.54) is 96.3 Å². The molecule has 0 aromatic carbocycles. The van der Waals surface area contributed by atoms with Crippen LogP contribution in [-0.4, -0.2) is 26.8 Å². The van der Waals surface area contributed by atoms with Gasteiger partial charge in [-0.3, -0.25) is 4.57 Å². The zero-order chi connectivity index (χ0) is 20.9. The Morgan fingerprint density at radius 3 is 1.21 bits per heavy atom. The molecule has 7 heteroatoms. The van der Waals surface area contributed by atoms with E-state index in [2.05, 4.69) is 17.9 Å². The van der Waals surface area contributed by atoms with E-state index in [1.807, 2.05) is 0 Å². The third-order valence-electron chi connectivity index (χ3n) is 5.15. The second-order valence-electron chi connectivity index (χ2n) is 7.98. The molecule has 0 heterocycles. The largest absolute Gasteiger partial charge is 0.371 e. The quantitative estimate of drug-likeness (QED) is 0.0652. The summed E-state index contributed by atoms with van der Waals surface area (Å²) in [6.07, 6.45) is 22.8. The SMILES string of the molecule is O=P(O)(O)CCCCCCCCCCCCCCCCCCCCNC(=S)S. The maximum absolute atomic E-state index is 10.7. The maximum Gasteiger partial charge on any atom is 0.325 e. The first-order valence-corrected chi connectivity index (χ1v) is 14.1. The third kappa shape index (κ3) is 26.4. The Balaban J connectivity index is 3.05. The summed E-state index contributed by atoms with van der Waals surface area (Å²) in [6.45, 7) is 0.960. The van der Waals surface area contributed by atoms with Crippen LogP contribution in [0.3, 0.4) is 0 Å². The van der Waals surface area contributed by atoms with Crippen molar-refractivity contribution in [3.05, 3.63) is 0 Å². The van der Waals surface area contributed by atoms with Crippen molar-refractivity contribution in [2.24, 2.45) is 0 Å². The third-order valence-corrected chi connectivity index (χ3v) is 6.35. The van der Waals surface area contributed by atoms with Gasteiger partial charge >= 0.3 is 7.60 Å². The van der Waals surface area contributed by atoms with Crippen molar-refractivity contribution >= 4 is 36.8 Å². The molecule has 0 rings (SSSR count). The maximum atomic E-state index is 10.7. The lowest BCUT2D eigenvalue weighted by Gasteiger charge is -2.05. The van der Waals surface area contributed by atoms with E-state index in [0.717, 1.165) is 19.4 Å². The molecule has 0 spiro atoms. The number of hydrogen-bond acceptors (Lipinski definition) is 2. The van der Waals surface area contributed by atoms with Gasteiger partial charge in [-0.1, -0.05) is 115 Å². The van der Waals surface area contributed by atoms with E-state index < -0.39 is 7.60 Å². The summed E-state index contributed by atoms with van der Waals surface area (Å²) >= 11 is 8.91. The van der Waals surface area contributed by atoms with Gasteiger partial charge in [-0.15, -0.1) is 12.6 Å². The van der Waals surface area contributed by atoms with Crippen molar-refractivity contribution in [2.45, 2.75) is 116 Å².